The Morgan fingerprint density at radius 3 is 1.49 bits per heavy atom. The molecule has 0 spiro atoms. The van der Waals surface area contributed by atoms with Crippen LogP contribution in [-0.2, 0) is 47.2 Å². The molecule has 352 valence electrons. The molecule has 2 aromatic rings. The zero-order chi connectivity index (χ0) is 47.6. The fraction of sp³-hybridized carbons (Fsp3) is 0.636. The van der Waals surface area contributed by atoms with Gasteiger partial charge in [0.25, 0.3) is 20.0 Å². The summed E-state index contributed by atoms with van der Waals surface area (Å²) in [5, 5.41) is 2.67. The number of aliphatic imine (C=N–C) groups is 2. The number of carbonyl (C=O) groups excluding carboxylic acids is 2. The maximum absolute atomic E-state index is 13.6. The maximum Gasteiger partial charge on any atom is 0.329 e. The van der Waals surface area contributed by atoms with Crippen LogP contribution in [0, 0.1) is 41.5 Å². The van der Waals surface area contributed by atoms with Crippen molar-refractivity contribution in [3.8, 4) is 11.5 Å². The van der Waals surface area contributed by atoms with Crippen molar-refractivity contribution in [2.45, 2.75) is 180 Å². The molecule has 17 nitrogen and oxygen atoms in total. The number of nitrogens with one attached hydrogen (secondary N) is 3. The van der Waals surface area contributed by atoms with Gasteiger partial charge in [0.1, 0.15) is 34.3 Å². The average Bonchev–Trinajstić information content (AvgIpc) is 3.13. The van der Waals surface area contributed by atoms with Crippen molar-refractivity contribution < 1.29 is 40.6 Å². The van der Waals surface area contributed by atoms with E-state index in [4.69, 9.17) is 31.4 Å². The van der Waals surface area contributed by atoms with Crippen LogP contribution >= 0.6 is 0 Å². The summed E-state index contributed by atoms with van der Waals surface area (Å²) in [4.78, 5) is 35.1. The predicted octanol–water partition coefficient (Wildman–Crippen LogP) is 4.34. The Kier molecular flexibility index (Phi) is 15.6. The van der Waals surface area contributed by atoms with Crippen molar-refractivity contribution in [3.05, 3.63) is 44.5 Å². The van der Waals surface area contributed by atoms with Crippen LogP contribution in [0.2, 0.25) is 0 Å². The van der Waals surface area contributed by atoms with E-state index in [1.165, 1.54) is 0 Å². The Bertz CT molecular complexity index is 2390. The van der Waals surface area contributed by atoms with Gasteiger partial charge in [-0.15, -0.1) is 0 Å². The van der Waals surface area contributed by atoms with Crippen molar-refractivity contribution in [1.82, 2.24) is 14.8 Å². The second-order valence-electron chi connectivity index (χ2n) is 19.0. The molecule has 1 amide bonds. The van der Waals surface area contributed by atoms with Gasteiger partial charge < -0.3 is 36.7 Å². The normalized spacial score (nSPS) is 17.3. The summed E-state index contributed by atoms with van der Waals surface area (Å²) in [7, 11) is -8.21. The summed E-state index contributed by atoms with van der Waals surface area (Å²) >= 11 is 0. The van der Waals surface area contributed by atoms with E-state index in [9.17, 15) is 26.4 Å². The Hall–Kier alpha value is -4.62. The molecule has 63 heavy (non-hydrogen) atoms. The van der Waals surface area contributed by atoms with Crippen molar-refractivity contribution in [2.24, 2.45) is 27.2 Å². The van der Waals surface area contributed by atoms with Crippen LogP contribution in [0.1, 0.15) is 131 Å². The van der Waals surface area contributed by atoms with Gasteiger partial charge in [0.05, 0.1) is 15.8 Å². The quantitative estimate of drug-likeness (QED) is 0.0631. The van der Waals surface area contributed by atoms with E-state index in [0.29, 0.717) is 35.1 Å². The second kappa shape index (κ2) is 19.2. The van der Waals surface area contributed by atoms with Gasteiger partial charge in [-0.25, -0.2) is 31.1 Å². The minimum atomic E-state index is -4.12. The number of nitrogens with two attached hydrogens (primary N) is 3. The topological polar surface area (TPSA) is 269 Å². The summed E-state index contributed by atoms with van der Waals surface area (Å²) in [6.45, 7) is 23.9. The number of esters is 1. The smallest absolute Gasteiger partial charge is 0.329 e. The lowest BCUT2D eigenvalue weighted by Crippen LogP contribution is -2.50. The molecule has 2 aromatic carbocycles. The van der Waals surface area contributed by atoms with Gasteiger partial charge in [-0.05, 0) is 186 Å². The zero-order valence-corrected chi connectivity index (χ0v) is 41.0. The summed E-state index contributed by atoms with van der Waals surface area (Å²) < 4.78 is 77.3. The van der Waals surface area contributed by atoms with Crippen molar-refractivity contribution >= 4 is 43.8 Å². The summed E-state index contributed by atoms with van der Waals surface area (Å²) in [6.07, 6.45) is 3.56. The summed E-state index contributed by atoms with van der Waals surface area (Å²) in [6, 6.07) is -2.13. The first-order valence-corrected chi connectivity index (χ1v) is 24.4. The van der Waals surface area contributed by atoms with Crippen LogP contribution in [0.25, 0.3) is 0 Å². The predicted molar refractivity (Wildman–Crippen MR) is 245 cm³/mol. The molecular formula is C44H70N8O9S2. The Balaban J connectivity index is 1.34. The fourth-order valence-electron chi connectivity index (χ4n) is 7.98. The van der Waals surface area contributed by atoms with Gasteiger partial charge in [-0.2, -0.15) is 0 Å². The van der Waals surface area contributed by atoms with Crippen LogP contribution in [-0.4, -0.2) is 82.6 Å². The van der Waals surface area contributed by atoms with E-state index in [-0.39, 0.29) is 71.7 Å². The highest BCUT2D eigenvalue weighted by Gasteiger charge is 2.36. The molecule has 0 bridgehead atoms. The number of hydrogen-bond donors (Lipinski definition) is 6. The molecule has 2 aliphatic heterocycles. The van der Waals surface area contributed by atoms with E-state index in [1.807, 2.05) is 41.5 Å². The molecular weight excluding hydrogens is 849 g/mol. The standard InChI is InChI=1S/C44H70N8O9S2/c1-24-26(3)36(28(5)30-18-20-43(10,11)59-34(24)30)62(55,56)51-40(46)48-22-14-16-32(45)38(53)50-33(39(54)61-42(7,8)9)17-15-23-49-41(47)52-63(57,58)37-27(4)25(2)35-31(29(37)6)19-21-44(12,13)60-35/h32-33H,14-23,45H2,1-13H3,(H,50,53)(H3,46,48,51)(H3,47,49,52)/t32-,33-/m0/s1. The molecule has 9 N–H and O–H groups in total. The molecule has 2 atom stereocenters. The monoisotopic (exact) mass is 918 g/mol. The fourth-order valence-corrected chi connectivity index (χ4v) is 11.0. The van der Waals surface area contributed by atoms with Crippen LogP contribution in [0.4, 0.5) is 0 Å². The molecule has 19 heteroatoms. The van der Waals surface area contributed by atoms with Crippen molar-refractivity contribution in [3.63, 3.8) is 0 Å². The lowest BCUT2D eigenvalue weighted by atomic mass is 9.88. The highest BCUT2D eigenvalue weighted by molar-refractivity contribution is 7.90. The van der Waals surface area contributed by atoms with Gasteiger partial charge in [0.2, 0.25) is 17.8 Å². The van der Waals surface area contributed by atoms with E-state index in [0.717, 1.165) is 46.6 Å². The van der Waals surface area contributed by atoms with Gasteiger partial charge >= 0.3 is 5.97 Å². The minimum absolute atomic E-state index is 0.0286. The Labute approximate surface area is 374 Å². The molecule has 2 aliphatic rings. The number of carbonyl (C=O) groups is 2. The number of fused-ring (bicyclic) bond motifs is 2. The molecule has 0 aromatic heterocycles. The first kappa shape index (κ1) is 51.0. The van der Waals surface area contributed by atoms with Gasteiger partial charge in [-0.3, -0.25) is 14.8 Å². The largest absolute Gasteiger partial charge is 0.487 e. The molecule has 0 radical (unpaired) electrons. The molecule has 0 unspecified atom stereocenters. The van der Waals surface area contributed by atoms with E-state index in [1.54, 1.807) is 48.5 Å². The number of benzene rings is 2. The SMILES string of the molecule is Cc1c(C)c(S(=O)(=O)NC(N)=NCCC[C@H](NC(=O)[C@@H](N)CCCN=C(N)NS(=O)(=O)c2c(C)c(C)c3c(c2C)CCC(C)(C)O3)C(=O)OC(C)(C)C)c(C)c2c1OC(C)(C)CC2. The lowest BCUT2D eigenvalue weighted by molar-refractivity contribution is -0.159. The number of sulfonamides is 2. The maximum atomic E-state index is 13.6. The summed E-state index contributed by atoms with van der Waals surface area (Å²) in [5.74, 6) is -0.479. The van der Waals surface area contributed by atoms with E-state index < -0.39 is 49.6 Å². The van der Waals surface area contributed by atoms with E-state index in [2.05, 4.69) is 24.7 Å². The van der Waals surface area contributed by atoms with Gasteiger partial charge in [-0.1, -0.05) is 0 Å². The van der Waals surface area contributed by atoms with E-state index >= 15 is 0 Å². The third-order valence-electron chi connectivity index (χ3n) is 11.6. The third kappa shape index (κ3) is 12.6. The molecule has 4 rings (SSSR count). The number of ether oxygens (including phenoxy) is 3. The second-order valence-corrected chi connectivity index (χ2v) is 22.2. The van der Waals surface area contributed by atoms with Crippen LogP contribution < -0.4 is 41.4 Å². The van der Waals surface area contributed by atoms with Gasteiger partial charge in [0, 0.05) is 13.1 Å². The van der Waals surface area contributed by atoms with Crippen LogP contribution in [0.5, 0.6) is 11.5 Å². The lowest BCUT2D eigenvalue weighted by Gasteiger charge is -2.35. The molecule has 0 aliphatic carbocycles. The van der Waals surface area contributed by atoms with Crippen molar-refractivity contribution in [2.75, 3.05) is 13.1 Å². The van der Waals surface area contributed by atoms with Crippen molar-refractivity contribution in [1.29, 1.82) is 0 Å². The Morgan fingerprint density at radius 2 is 1.10 bits per heavy atom. The number of rotatable bonds is 15. The molecule has 0 fully saturated rings. The number of amides is 1. The zero-order valence-electron chi connectivity index (χ0n) is 39.3. The van der Waals surface area contributed by atoms with Crippen LogP contribution in [0.15, 0.2) is 19.8 Å². The first-order valence-electron chi connectivity index (χ1n) is 21.5. The number of nitrogens with zero attached hydrogens (tertiary/aromatic N) is 2. The number of guanidine groups is 2. The van der Waals surface area contributed by atoms with Crippen LogP contribution in [0.3, 0.4) is 0 Å². The first-order chi connectivity index (χ1) is 28.9. The highest BCUT2D eigenvalue weighted by atomic mass is 32.2. The third-order valence-corrected chi connectivity index (χ3v) is 14.8. The van der Waals surface area contributed by atoms with Gasteiger partial charge in [0.15, 0.2) is 0 Å². The number of hydrogen-bond acceptors (Lipinski definition) is 12. The summed E-state index contributed by atoms with van der Waals surface area (Å²) in [5.41, 5.74) is 22.3. The Morgan fingerprint density at radius 1 is 0.698 bits per heavy atom. The minimum Gasteiger partial charge on any atom is -0.487 e. The molecule has 2 heterocycles. The molecule has 0 saturated carbocycles. The molecule has 0 saturated heterocycles. The average molecular weight is 919 g/mol. The highest BCUT2D eigenvalue weighted by Crippen LogP contribution is 2.43.